The Hall–Kier alpha value is -2.08. The molecule has 0 saturated heterocycles. The van der Waals surface area contributed by atoms with Crippen molar-refractivity contribution in [2.75, 3.05) is 38.8 Å². The Kier molecular flexibility index (Phi) is 7.04. The Morgan fingerprint density at radius 3 is 2.58 bits per heavy atom. The van der Waals surface area contributed by atoms with Crippen LogP contribution in [0.25, 0.3) is 0 Å². The molecule has 0 aliphatic heterocycles. The van der Waals surface area contributed by atoms with E-state index >= 15 is 0 Å². The van der Waals surface area contributed by atoms with Gasteiger partial charge >= 0.3 is 0 Å². The van der Waals surface area contributed by atoms with Crippen molar-refractivity contribution in [2.45, 2.75) is 6.42 Å². The fraction of sp³-hybridized carbons (Fsp3) is 0.429. The van der Waals surface area contributed by atoms with Gasteiger partial charge in [-0.1, -0.05) is 0 Å². The summed E-state index contributed by atoms with van der Waals surface area (Å²) in [6.45, 7) is 2.63. The molecule has 0 aliphatic rings. The molecular weight excluding hydrogens is 242 g/mol. The van der Waals surface area contributed by atoms with Crippen LogP contribution < -0.4 is 5.32 Å². The van der Waals surface area contributed by atoms with E-state index in [1.165, 1.54) is 0 Å². The number of hydrogen-bond acceptors (Lipinski definition) is 5. The van der Waals surface area contributed by atoms with Crippen molar-refractivity contribution in [3.8, 4) is 12.1 Å². The molecule has 0 aromatic heterocycles. The minimum absolute atomic E-state index is 0.392. The molecule has 5 nitrogen and oxygen atoms in total. The molecule has 0 atom stereocenters. The Labute approximate surface area is 113 Å². The molecule has 0 spiro atoms. The van der Waals surface area contributed by atoms with Gasteiger partial charge in [0.1, 0.15) is 12.1 Å². The van der Waals surface area contributed by atoms with Gasteiger partial charge in [-0.25, -0.2) is 0 Å². The number of anilines is 1. The molecule has 0 amide bonds. The zero-order valence-electron chi connectivity index (χ0n) is 11.0. The molecule has 0 bridgehead atoms. The fourth-order valence-electron chi connectivity index (χ4n) is 1.50. The third kappa shape index (κ3) is 5.39. The molecule has 0 heterocycles. The molecule has 19 heavy (non-hydrogen) atoms. The number of nitriles is 2. The van der Waals surface area contributed by atoms with Gasteiger partial charge in [0.05, 0.1) is 24.3 Å². The van der Waals surface area contributed by atoms with Gasteiger partial charge in [-0.15, -0.1) is 0 Å². The van der Waals surface area contributed by atoms with E-state index < -0.39 is 0 Å². The Morgan fingerprint density at radius 1 is 1.11 bits per heavy atom. The van der Waals surface area contributed by atoms with Gasteiger partial charge in [0.15, 0.2) is 0 Å². The second-order valence-corrected chi connectivity index (χ2v) is 3.87. The van der Waals surface area contributed by atoms with Crippen molar-refractivity contribution in [3.05, 3.63) is 29.3 Å². The maximum atomic E-state index is 8.91. The van der Waals surface area contributed by atoms with E-state index in [1.807, 2.05) is 12.1 Å². The molecule has 0 saturated carbocycles. The van der Waals surface area contributed by atoms with Crippen LogP contribution in [0.15, 0.2) is 18.2 Å². The summed E-state index contributed by atoms with van der Waals surface area (Å²) < 4.78 is 10.2. The number of rotatable bonds is 8. The van der Waals surface area contributed by atoms with Crippen molar-refractivity contribution in [3.63, 3.8) is 0 Å². The molecule has 0 aliphatic carbocycles. The summed E-state index contributed by atoms with van der Waals surface area (Å²) in [5, 5.41) is 20.9. The smallest absolute Gasteiger partial charge is 0.101 e. The summed E-state index contributed by atoms with van der Waals surface area (Å²) in [5.74, 6) is 0. The third-order valence-electron chi connectivity index (χ3n) is 2.49. The third-order valence-corrected chi connectivity index (χ3v) is 2.49. The SMILES string of the molecule is COCCOCCCNc1ccc(C#N)c(C#N)c1. The molecule has 1 aromatic rings. The summed E-state index contributed by atoms with van der Waals surface area (Å²) in [7, 11) is 1.64. The number of ether oxygens (including phenoxy) is 2. The summed E-state index contributed by atoms with van der Waals surface area (Å²) in [4.78, 5) is 0. The van der Waals surface area contributed by atoms with Crippen LogP contribution in [-0.2, 0) is 9.47 Å². The predicted molar refractivity (Wildman–Crippen MR) is 71.7 cm³/mol. The zero-order chi connectivity index (χ0) is 13.9. The molecule has 0 radical (unpaired) electrons. The van der Waals surface area contributed by atoms with Crippen molar-refractivity contribution in [1.29, 1.82) is 10.5 Å². The van der Waals surface area contributed by atoms with E-state index in [-0.39, 0.29) is 0 Å². The van der Waals surface area contributed by atoms with Crippen molar-refractivity contribution in [2.24, 2.45) is 0 Å². The Balaban J connectivity index is 2.31. The van der Waals surface area contributed by atoms with Crippen molar-refractivity contribution in [1.82, 2.24) is 0 Å². The fourth-order valence-corrected chi connectivity index (χ4v) is 1.50. The van der Waals surface area contributed by atoms with Gasteiger partial charge in [0.2, 0.25) is 0 Å². The molecule has 5 heteroatoms. The Morgan fingerprint density at radius 2 is 1.89 bits per heavy atom. The normalized spacial score (nSPS) is 9.63. The van der Waals surface area contributed by atoms with Gasteiger partial charge in [-0.05, 0) is 24.6 Å². The predicted octanol–water partition coefficient (Wildman–Crippen LogP) is 1.89. The minimum Gasteiger partial charge on any atom is -0.385 e. The van der Waals surface area contributed by atoms with E-state index in [1.54, 1.807) is 25.3 Å². The van der Waals surface area contributed by atoms with Crippen LogP contribution in [0.2, 0.25) is 0 Å². The van der Waals surface area contributed by atoms with E-state index in [2.05, 4.69) is 5.32 Å². The lowest BCUT2D eigenvalue weighted by molar-refractivity contribution is 0.0705. The summed E-state index contributed by atoms with van der Waals surface area (Å²) in [6.07, 6.45) is 0.867. The number of nitrogens with zero attached hydrogens (tertiary/aromatic N) is 2. The van der Waals surface area contributed by atoms with Gasteiger partial charge in [0, 0.05) is 25.9 Å². The first-order valence-corrected chi connectivity index (χ1v) is 6.06. The van der Waals surface area contributed by atoms with Gasteiger partial charge in [0.25, 0.3) is 0 Å². The van der Waals surface area contributed by atoms with Crippen LogP contribution in [0.5, 0.6) is 0 Å². The topological polar surface area (TPSA) is 78.1 Å². The summed E-state index contributed by atoms with van der Waals surface area (Å²) in [6, 6.07) is 9.13. The van der Waals surface area contributed by atoms with Crippen LogP contribution in [0.1, 0.15) is 17.5 Å². The summed E-state index contributed by atoms with van der Waals surface area (Å²) >= 11 is 0. The van der Waals surface area contributed by atoms with Crippen molar-refractivity contribution >= 4 is 5.69 Å². The second-order valence-electron chi connectivity index (χ2n) is 3.87. The quantitative estimate of drug-likeness (QED) is 0.721. The highest BCUT2D eigenvalue weighted by atomic mass is 16.5. The number of nitrogens with one attached hydrogen (secondary N) is 1. The van der Waals surface area contributed by atoms with Gasteiger partial charge < -0.3 is 14.8 Å². The zero-order valence-corrected chi connectivity index (χ0v) is 11.0. The first-order chi connectivity index (χ1) is 9.31. The molecular formula is C14H17N3O2. The van der Waals surface area contributed by atoms with Crippen LogP contribution in [-0.4, -0.2) is 33.5 Å². The monoisotopic (exact) mass is 259 g/mol. The van der Waals surface area contributed by atoms with Crippen LogP contribution >= 0.6 is 0 Å². The minimum atomic E-state index is 0.392. The largest absolute Gasteiger partial charge is 0.385 e. The van der Waals surface area contributed by atoms with Crippen LogP contribution in [0, 0.1) is 22.7 Å². The first-order valence-electron chi connectivity index (χ1n) is 6.06. The summed E-state index contributed by atoms with van der Waals surface area (Å²) in [5.41, 5.74) is 1.63. The van der Waals surface area contributed by atoms with Crippen LogP contribution in [0.4, 0.5) is 5.69 Å². The average Bonchev–Trinajstić information content (AvgIpc) is 2.46. The number of benzene rings is 1. The molecule has 0 unspecified atom stereocenters. The number of methoxy groups -OCH3 is 1. The van der Waals surface area contributed by atoms with E-state index in [9.17, 15) is 0 Å². The van der Waals surface area contributed by atoms with E-state index in [0.717, 1.165) is 18.7 Å². The first kappa shape index (κ1) is 15.0. The highest BCUT2D eigenvalue weighted by Crippen LogP contribution is 2.14. The van der Waals surface area contributed by atoms with Gasteiger partial charge in [-0.2, -0.15) is 10.5 Å². The van der Waals surface area contributed by atoms with E-state index in [0.29, 0.717) is 30.9 Å². The van der Waals surface area contributed by atoms with Gasteiger partial charge in [-0.3, -0.25) is 0 Å². The average molecular weight is 259 g/mol. The maximum absolute atomic E-state index is 8.91. The standard InChI is InChI=1S/C14H17N3O2/c1-18-7-8-19-6-2-5-17-14-4-3-12(10-15)13(9-14)11-16/h3-4,9,17H,2,5-8H2,1H3. The van der Waals surface area contributed by atoms with Crippen LogP contribution in [0.3, 0.4) is 0 Å². The lowest BCUT2D eigenvalue weighted by Crippen LogP contribution is -2.08. The lowest BCUT2D eigenvalue weighted by Gasteiger charge is -2.07. The molecule has 1 N–H and O–H groups in total. The second kappa shape index (κ2) is 8.93. The highest BCUT2D eigenvalue weighted by molar-refractivity contribution is 5.56. The lowest BCUT2D eigenvalue weighted by atomic mass is 10.1. The number of hydrogen-bond donors (Lipinski definition) is 1. The molecule has 0 fully saturated rings. The van der Waals surface area contributed by atoms with E-state index in [4.69, 9.17) is 20.0 Å². The highest BCUT2D eigenvalue weighted by Gasteiger charge is 2.02. The molecule has 1 aromatic carbocycles. The molecule has 1 rings (SSSR count). The molecule has 100 valence electrons. The maximum Gasteiger partial charge on any atom is 0.101 e. The Bertz CT molecular complexity index is 475. The van der Waals surface area contributed by atoms with Crippen molar-refractivity contribution < 1.29 is 9.47 Å².